The van der Waals surface area contributed by atoms with Gasteiger partial charge in [0, 0.05) is 6.42 Å². The van der Waals surface area contributed by atoms with Crippen LogP contribution >= 0.6 is 0 Å². The largest absolute Gasteiger partial charge is 0.483 e. The van der Waals surface area contributed by atoms with Crippen LogP contribution in [0.2, 0.25) is 0 Å². The quantitative estimate of drug-likeness (QED) is 0.571. The summed E-state index contributed by atoms with van der Waals surface area (Å²) in [5, 5.41) is 0. The first-order chi connectivity index (χ1) is 10.2. The molecule has 0 aliphatic rings. The average Bonchev–Trinajstić information content (AvgIpc) is 2.51. The van der Waals surface area contributed by atoms with Crippen molar-refractivity contribution in [2.24, 2.45) is 0 Å². The molecular formula is C16H24N2O3. The second kappa shape index (κ2) is 9.80. The first-order valence-electron chi connectivity index (χ1n) is 7.45. The van der Waals surface area contributed by atoms with Gasteiger partial charge in [-0.25, -0.2) is 0 Å². The number of carbonyl (C=O) groups is 2. The van der Waals surface area contributed by atoms with E-state index in [1.807, 2.05) is 31.2 Å². The number of nitrogens with one attached hydrogen (secondary N) is 2. The Balaban J connectivity index is 2.26. The van der Waals surface area contributed by atoms with Crippen molar-refractivity contribution in [1.82, 2.24) is 10.9 Å². The van der Waals surface area contributed by atoms with Gasteiger partial charge in [0.05, 0.1) is 0 Å². The molecule has 2 amide bonds. The van der Waals surface area contributed by atoms with Crippen LogP contribution in [0.1, 0.15) is 45.1 Å². The summed E-state index contributed by atoms with van der Waals surface area (Å²) in [6.45, 7) is 3.98. The number of ether oxygens (including phenoxy) is 1. The summed E-state index contributed by atoms with van der Waals surface area (Å²) in [6.07, 6.45) is 4.17. The molecule has 0 bridgehead atoms. The average molecular weight is 292 g/mol. The zero-order valence-corrected chi connectivity index (χ0v) is 12.8. The van der Waals surface area contributed by atoms with Crippen molar-refractivity contribution in [1.29, 1.82) is 0 Å². The Morgan fingerprint density at radius 3 is 2.48 bits per heavy atom. The van der Waals surface area contributed by atoms with Gasteiger partial charge >= 0.3 is 0 Å². The fourth-order valence-electron chi connectivity index (χ4n) is 1.85. The number of benzene rings is 1. The monoisotopic (exact) mass is 292 g/mol. The van der Waals surface area contributed by atoms with Crippen molar-refractivity contribution in [3.05, 3.63) is 29.8 Å². The minimum absolute atomic E-state index is 0.119. The van der Waals surface area contributed by atoms with Gasteiger partial charge in [0.15, 0.2) is 6.61 Å². The van der Waals surface area contributed by atoms with Crippen molar-refractivity contribution < 1.29 is 14.3 Å². The molecule has 0 spiro atoms. The molecule has 1 rings (SSSR count). The molecule has 1 aromatic rings. The van der Waals surface area contributed by atoms with Crippen molar-refractivity contribution in [2.75, 3.05) is 6.61 Å². The molecule has 0 unspecified atom stereocenters. The normalized spacial score (nSPS) is 10.0. The lowest BCUT2D eigenvalue weighted by Crippen LogP contribution is -2.43. The molecule has 1 aromatic carbocycles. The zero-order chi connectivity index (χ0) is 15.5. The van der Waals surface area contributed by atoms with Crippen LogP contribution in [0.25, 0.3) is 0 Å². The second-order valence-electron chi connectivity index (χ2n) is 4.80. The van der Waals surface area contributed by atoms with Crippen LogP contribution in [0.4, 0.5) is 0 Å². The van der Waals surface area contributed by atoms with Crippen LogP contribution in [0.3, 0.4) is 0 Å². The van der Waals surface area contributed by atoms with Gasteiger partial charge in [0.25, 0.3) is 5.91 Å². The Morgan fingerprint density at radius 2 is 1.76 bits per heavy atom. The van der Waals surface area contributed by atoms with E-state index >= 15 is 0 Å². The number of amides is 2. The van der Waals surface area contributed by atoms with E-state index < -0.39 is 0 Å². The van der Waals surface area contributed by atoms with Gasteiger partial charge in [-0.3, -0.25) is 20.4 Å². The summed E-state index contributed by atoms with van der Waals surface area (Å²) in [7, 11) is 0. The molecule has 0 saturated heterocycles. The van der Waals surface area contributed by atoms with Crippen LogP contribution in [0.5, 0.6) is 5.75 Å². The number of rotatable bonds is 8. The predicted molar refractivity (Wildman–Crippen MR) is 81.7 cm³/mol. The third-order valence-electron chi connectivity index (χ3n) is 3.06. The highest BCUT2D eigenvalue weighted by Crippen LogP contribution is 2.17. The topological polar surface area (TPSA) is 67.4 Å². The van der Waals surface area contributed by atoms with Gasteiger partial charge in [-0.1, -0.05) is 44.9 Å². The number of hydrazine groups is 1. The van der Waals surface area contributed by atoms with Gasteiger partial charge in [-0.15, -0.1) is 0 Å². The van der Waals surface area contributed by atoms with E-state index in [2.05, 4.69) is 17.8 Å². The molecule has 5 nitrogen and oxygen atoms in total. The molecule has 0 radical (unpaired) electrons. The molecular weight excluding hydrogens is 268 g/mol. The Labute approximate surface area is 126 Å². The standard InChI is InChI=1S/C16H24N2O3/c1-3-5-6-11-15(19)17-18-16(20)12-21-14-10-8-7-9-13(14)4-2/h7-10H,3-6,11-12H2,1-2H3,(H,17,19)(H,18,20). The summed E-state index contributed by atoms with van der Waals surface area (Å²) >= 11 is 0. The van der Waals surface area contributed by atoms with Crippen LogP contribution in [0.15, 0.2) is 24.3 Å². The number of carbonyl (C=O) groups excluding carboxylic acids is 2. The molecule has 5 heteroatoms. The minimum Gasteiger partial charge on any atom is -0.483 e. The number of para-hydroxylation sites is 1. The maximum atomic E-state index is 11.6. The lowest BCUT2D eigenvalue weighted by Gasteiger charge is -2.11. The third-order valence-corrected chi connectivity index (χ3v) is 3.06. The van der Waals surface area contributed by atoms with Crippen LogP contribution in [-0.2, 0) is 16.0 Å². The molecule has 21 heavy (non-hydrogen) atoms. The summed E-state index contributed by atoms with van der Waals surface area (Å²) in [5.41, 5.74) is 5.79. The maximum absolute atomic E-state index is 11.6. The molecule has 0 aliphatic heterocycles. The highest BCUT2D eigenvalue weighted by molar-refractivity contribution is 5.82. The molecule has 0 heterocycles. The molecule has 0 saturated carbocycles. The van der Waals surface area contributed by atoms with Crippen LogP contribution < -0.4 is 15.6 Å². The minimum atomic E-state index is -0.371. The predicted octanol–water partition coefficient (Wildman–Crippen LogP) is 2.36. The van der Waals surface area contributed by atoms with Gasteiger partial charge in [-0.2, -0.15) is 0 Å². The maximum Gasteiger partial charge on any atom is 0.276 e. The lowest BCUT2D eigenvalue weighted by atomic mass is 10.1. The van der Waals surface area contributed by atoms with Crippen LogP contribution in [-0.4, -0.2) is 18.4 Å². The highest BCUT2D eigenvalue weighted by atomic mass is 16.5. The van der Waals surface area contributed by atoms with E-state index in [-0.39, 0.29) is 18.4 Å². The first-order valence-corrected chi connectivity index (χ1v) is 7.45. The van der Waals surface area contributed by atoms with Gasteiger partial charge in [0.2, 0.25) is 5.91 Å². The summed E-state index contributed by atoms with van der Waals surface area (Å²) in [5.74, 6) is 0.153. The van der Waals surface area contributed by atoms with Gasteiger partial charge < -0.3 is 4.74 Å². The molecule has 116 valence electrons. The Morgan fingerprint density at radius 1 is 1.05 bits per heavy atom. The van der Waals surface area contributed by atoms with E-state index in [1.165, 1.54) is 0 Å². The van der Waals surface area contributed by atoms with Crippen molar-refractivity contribution >= 4 is 11.8 Å². The molecule has 0 fully saturated rings. The number of hydrogen-bond acceptors (Lipinski definition) is 3. The molecule has 2 N–H and O–H groups in total. The summed E-state index contributed by atoms with van der Waals surface area (Å²) in [4.78, 5) is 23.0. The Kier molecular flexibility index (Phi) is 7.94. The second-order valence-corrected chi connectivity index (χ2v) is 4.80. The van der Waals surface area contributed by atoms with E-state index in [1.54, 1.807) is 0 Å². The fraction of sp³-hybridized carbons (Fsp3) is 0.500. The zero-order valence-electron chi connectivity index (χ0n) is 12.8. The number of unbranched alkanes of at least 4 members (excludes halogenated alkanes) is 2. The van der Waals surface area contributed by atoms with E-state index in [0.717, 1.165) is 31.2 Å². The van der Waals surface area contributed by atoms with E-state index in [9.17, 15) is 9.59 Å². The van der Waals surface area contributed by atoms with Crippen molar-refractivity contribution in [3.8, 4) is 5.75 Å². The Hall–Kier alpha value is -2.04. The Bertz CT molecular complexity index is 461. The van der Waals surface area contributed by atoms with Crippen LogP contribution in [0, 0.1) is 0 Å². The third kappa shape index (κ3) is 6.79. The molecule has 0 aliphatic carbocycles. The molecule has 0 aromatic heterocycles. The first kappa shape index (κ1) is 17.0. The van der Waals surface area contributed by atoms with E-state index in [0.29, 0.717) is 12.2 Å². The van der Waals surface area contributed by atoms with Gasteiger partial charge in [0.1, 0.15) is 5.75 Å². The lowest BCUT2D eigenvalue weighted by molar-refractivity contribution is -0.130. The number of aryl methyl sites for hydroxylation is 1. The highest BCUT2D eigenvalue weighted by Gasteiger charge is 2.07. The summed E-state index contributed by atoms with van der Waals surface area (Å²) < 4.78 is 5.46. The molecule has 0 atom stereocenters. The van der Waals surface area contributed by atoms with Gasteiger partial charge in [-0.05, 0) is 24.5 Å². The van der Waals surface area contributed by atoms with E-state index in [4.69, 9.17) is 4.74 Å². The summed E-state index contributed by atoms with van der Waals surface area (Å²) in [6, 6.07) is 7.59. The fourth-order valence-corrected chi connectivity index (χ4v) is 1.85. The number of hydrogen-bond donors (Lipinski definition) is 2. The van der Waals surface area contributed by atoms with Crippen molar-refractivity contribution in [2.45, 2.75) is 46.0 Å². The SMILES string of the molecule is CCCCCC(=O)NNC(=O)COc1ccccc1CC. The van der Waals surface area contributed by atoms with Crippen molar-refractivity contribution in [3.63, 3.8) is 0 Å². The smallest absolute Gasteiger partial charge is 0.276 e.